The van der Waals surface area contributed by atoms with Crippen LogP contribution in [0, 0.1) is 6.92 Å². The number of rotatable bonds is 1. The third-order valence-electron chi connectivity index (χ3n) is 5.30. The van der Waals surface area contributed by atoms with Crippen molar-refractivity contribution in [1.29, 1.82) is 0 Å². The van der Waals surface area contributed by atoms with Crippen molar-refractivity contribution in [3.63, 3.8) is 0 Å². The van der Waals surface area contributed by atoms with Crippen LogP contribution < -0.4 is 5.46 Å². The van der Waals surface area contributed by atoms with Gasteiger partial charge in [0.1, 0.15) is 5.65 Å². The van der Waals surface area contributed by atoms with Gasteiger partial charge in [0.05, 0.1) is 37.6 Å². The van der Waals surface area contributed by atoms with E-state index in [9.17, 15) is 0 Å². The van der Waals surface area contributed by atoms with Gasteiger partial charge in [-0.2, -0.15) is 0 Å². The van der Waals surface area contributed by atoms with Crippen molar-refractivity contribution in [2.24, 2.45) is 7.05 Å². The van der Waals surface area contributed by atoms with Gasteiger partial charge < -0.3 is 23.3 Å². The van der Waals surface area contributed by atoms with Crippen molar-refractivity contribution in [2.45, 2.75) is 45.8 Å². The third-order valence-corrected chi connectivity index (χ3v) is 5.30. The van der Waals surface area contributed by atoms with E-state index < -0.39 is 0 Å². The molecule has 2 aromatic heterocycles. The van der Waals surface area contributed by atoms with Gasteiger partial charge in [0, 0.05) is 30.3 Å². The highest BCUT2D eigenvalue weighted by Crippen LogP contribution is 2.36. The summed E-state index contributed by atoms with van der Waals surface area (Å²) < 4.78 is 24.1. The minimum atomic E-state index is -0.350. The van der Waals surface area contributed by atoms with E-state index in [1.807, 2.05) is 17.8 Å². The van der Waals surface area contributed by atoms with E-state index in [-0.39, 0.29) is 18.3 Å². The molecule has 0 N–H and O–H groups in total. The molecule has 2 fully saturated rings. The number of aryl methyl sites for hydroxylation is 2. The highest BCUT2D eigenvalue weighted by atomic mass is 16.7. The summed E-state index contributed by atoms with van der Waals surface area (Å²) in [6.07, 6.45) is 3.94. The number of hydrogen-bond donors (Lipinski definition) is 0. The highest BCUT2D eigenvalue weighted by Gasteiger charge is 2.51. The molecule has 0 radical (unpaired) electrons. The highest BCUT2D eigenvalue weighted by molar-refractivity contribution is 6.62. The first-order valence-electron chi connectivity index (χ1n) is 9.14. The molecule has 0 saturated carbocycles. The molecule has 6 nitrogen and oxygen atoms in total. The molecular formula is C19H29BN2O4. The second kappa shape index (κ2) is 7.31. The zero-order valence-corrected chi connectivity index (χ0v) is 16.7. The topological polar surface area (TPSA) is 54.7 Å². The fraction of sp³-hybridized carbons (Fsp3) is 0.632. The molecular weight excluding hydrogens is 331 g/mol. The summed E-state index contributed by atoms with van der Waals surface area (Å²) in [7, 11) is 1.66. The van der Waals surface area contributed by atoms with E-state index in [4.69, 9.17) is 18.8 Å². The number of ether oxygens (including phenoxy) is 2. The zero-order valence-electron chi connectivity index (χ0n) is 16.7. The third kappa shape index (κ3) is 3.81. The lowest BCUT2D eigenvalue weighted by molar-refractivity contribution is -0.0334. The van der Waals surface area contributed by atoms with E-state index in [2.05, 4.69) is 51.9 Å². The maximum atomic E-state index is 6.08. The minimum Gasteiger partial charge on any atom is -0.399 e. The summed E-state index contributed by atoms with van der Waals surface area (Å²) in [5.41, 5.74) is 2.54. The van der Waals surface area contributed by atoms with E-state index >= 15 is 0 Å². The fourth-order valence-corrected chi connectivity index (χ4v) is 3.01. The SMILES string of the molecule is C1COCCO1.Cc1cn(C)c2ncc(B3OC(C)(C)C(C)(C)O3)cc12. The van der Waals surface area contributed by atoms with Gasteiger partial charge in [-0.15, -0.1) is 0 Å². The van der Waals surface area contributed by atoms with Crippen LogP contribution in [0.2, 0.25) is 0 Å². The molecule has 0 bridgehead atoms. The summed E-state index contributed by atoms with van der Waals surface area (Å²) in [6, 6.07) is 2.12. The Balaban J connectivity index is 0.000000278. The molecule has 0 aromatic carbocycles. The Hall–Kier alpha value is -1.41. The Morgan fingerprint density at radius 2 is 1.54 bits per heavy atom. The first-order valence-corrected chi connectivity index (χ1v) is 9.14. The summed E-state index contributed by atoms with van der Waals surface area (Å²) in [5.74, 6) is 0. The zero-order chi connectivity index (χ0) is 18.9. The minimum absolute atomic E-state index is 0.321. The first kappa shape index (κ1) is 19.4. The van der Waals surface area contributed by atoms with E-state index in [0.29, 0.717) is 0 Å². The molecule has 7 heteroatoms. The molecule has 4 heterocycles. The molecule has 2 aliphatic heterocycles. The second-order valence-electron chi connectivity index (χ2n) is 7.88. The Morgan fingerprint density at radius 3 is 2.04 bits per heavy atom. The van der Waals surface area contributed by atoms with Crippen LogP contribution in [0.3, 0.4) is 0 Å². The number of nitrogens with zero attached hydrogens (tertiary/aromatic N) is 2. The van der Waals surface area contributed by atoms with Gasteiger partial charge in [-0.1, -0.05) is 0 Å². The van der Waals surface area contributed by atoms with Crippen LogP contribution in [-0.4, -0.2) is 54.3 Å². The molecule has 2 aromatic rings. The van der Waals surface area contributed by atoms with Gasteiger partial charge in [0.2, 0.25) is 0 Å². The average Bonchev–Trinajstić information content (AvgIpc) is 3.01. The molecule has 0 spiro atoms. The van der Waals surface area contributed by atoms with Crippen LogP contribution in [0.15, 0.2) is 18.5 Å². The van der Waals surface area contributed by atoms with Crippen LogP contribution in [0.5, 0.6) is 0 Å². The number of aromatic nitrogens is 2. The Labute approximate surface area is 155 Å². The summed E-state index contributed by atoms with van der Waals surface area (Å²) >= 11 is 0. The average molecular weight is 360 g/mol. The maximum absolute atomic E-state index is 6.08. The standard InChI is InChI=1S/C15H21BN2O2.C4H8O2/c1-10-9-18(6)13-12(10)7-11(8-17-13)16-19-14(2,3)15(4,5)20-16;1-2-6-4-3-5-1/h7-9H,1-6H3;1-4H2. The van der Waals surface area contributed by atoms with Crippen molar-refractivity contribution in [3.05, 3.63) is 24.0 Å². The van der Waals surface area contributed by atoms with Crippen molar-refractivity contribution >= 4 is 23.6 Å². The normalized spacial score (nSPS) is 21.5. The fourth-order valence-electron chi connectivity index (χ4n) is 3.01. The Morgan fingerprint density at radius 1 is 1.00 bits per heavy atom. The van der Waals surface area contributed by atoms with Gasteiger partial charge in [0.25, 0.3) is 0 Å². The summed E-state index contributed by atoms with van der Waals surface area (Å²) in [5, 5.41) is 1.15. The van der Waals surface area contributed by atoms with Crippen molar-refractivity contribution in [2.75, 3.05) is 26.4 Å². The first-order chi connectivity index (χ1) is 12.2. The largest absolute Gasteiger partial charge is 0.496 e. The van der Waals surface area contributed by atoms with E-state index in [1.165, 1.54) is 5.56 Å². The van der Waals surface area contributed by atoms with Crippen molar-refractivity contribution < 1.29 is 18.8 Å². The van der Waals surface area contributed by atoms with Gasteiger partial charge in [0.15, 0.2) is 0 Å². The smallest absolute Gasteiger partial charge is 0.399 e. The second-order valence-corrected chi connectivity index (χ2v) is 7.88. The predicted molar refractivity (Wildman–Crippen MR) is 103 cm³/mol. The van der Waals surface area contributed by atoms with Crippen LogP contribution in [0.1, 0.15) is 33.3 Å². The summed E-state index contributed by atoms with van der Waals surface area (Å²) in [4.78, 5) is 4.54. The molecule has 0 amide bonds. The van der Waals surface area contributed by atoms with E-state index in [1.54, 1.807) is 0 Å². The van der Waals surface area contributed by atoms with E-state index in [0.717, 1.165) is 42.9 Å². The number of fused-ring (bicyclic) bond motifs is 1. The van der Waals surface area contributed by atoms with Gasteiger partial charge in [-0.05, 0) is 46.2 Å². The van der Waals surface area contributed by atoms with Gasteiger partial charge in [-0.3, -0.25) is 0 Å². The Bertz CT molecular complexity index is 741. The van der Waals surface area contributed by atoms with Crippen LogP contribution in [-0.2, 0) is 25.8 Å². The summed E-state index contributed by atoms with van der Waals surface area (Å²) in [6.45, 7) is 13.5. The predicted octanol–water partition coefficient (Wildman–Crippen LogP) is 2.21. The molecule has 2 saturated heterocycles. The molecule has 26 heavy (non-hydrogen) atoms. The molecule has 142 valence electrons. The maximum Gasteiger partial charge on any atom is 0.496 e. The molecule has 0 aliphatic carbocycles. The number of hydrogen-bond acceptors (Lipinski definition) is 5. The van der Waals surface area contributed by atoms with Crippen LogP contribution in [0.4, 0.5) is 0 Å². The number of pyridine rings is 1. The van der Waals surface area contributed by atoms with Crippen molar-refractivity contribution in [1.82, 2.24) is 9.55 Å². The lowest BCUT2D eigenvalue weighted by Gasteiger charge is -2.32. The lowest BCUT2D eigenvalue weighted by atomic mass is 9.80. The monoisotopic (exact) mass is 360 g/mol. The lowest BCUT2D eigenvalue weighted by Crippen LogP contribution is -2.41. The van der Waals surface area contributed by atoms with Crippen LogP contribution >= 0.6 is 0 Å². The molecule has 0 atom stereocenters. The van der Waals surface area contributed by atoms with Gasteiger partial charge in [-0.25, -0.2) is 4.98 Å². The van der Waals surface area contributed by atoms with Crippen LogP contribution in [0.25, 0.3) is 11.0 Å². The molecule has 4 rings (SSSR count). The van der Waals surface area contributed by atoms with Gasteiger partial charge >= 0.3 is 7.12 Å². The Kier molecular flexibility index (Phi) is 5.44. The molecule has 0 unspecified atom stereocenters. The molecule has 2 aliphatic rings. The van der Waals surface area contributed by atoms with Crippen molar-refractivity contribution in [3.8, 4) is 0 Å². The quantitative estimate of drug-likeness (QED) is 0.730.